The van der Waals surface area contributed by atoms with Crippen LogP contribution in [0, 0.1) is 6.92 Å². The van der Waals surface area contributed by atoms with Crippen LogP contribution in [0.4, 0.5) is 0 Å². The molecule has 1 amide bonds. The molecule has 0 bridgehead atoms. The molecule has 0 radical (unpaired) electrons. The zero-order chi connectivity index (χ0) is 24.8. The summed E-state index contributed by atoms with van der Waals surface area (Å²) in [6.45, 7) is 5.81. The van der Waals surface area contributed by atoms with Gasteiger partial charge in [-0.05, 0) is 53.4 Å². The van der Waals surface area contributed by atoms with Crippen LogP contribution in [0.3, 0.4) is 0 Å². The predicted molar refractivity (Wildman–Crippen MR) is 147 cm³/mol. The molecule has 180 valence electrons. The van der Waals surface area contributed by atoms with Crippen molar-refractivity contribution in [2.45, 2.75) is 39.4 Å². The van der Waals surface area contributed by atoms with Gasteiger partial charge in [0.25, 0.3) is 0 Å². The Bertz CT molecular complexity index is 1300. The van der Waals surface area contributed by atoms with E-state index in [9.17, 15) is 4.79 Å². The third kappa shape index (κ3) is 6.64. The number of benzene rings is 4. The average molecular weight is 505 g/mol. The van der Waals surface area contributed by atoms with Crippen molar-refractivity contribution in [3.05, 3.63) is 117 Å². The number of fused-ring (bicyclic) bond motifs is 1. The van der Waals surface area contributed by atoms with E-state index in [2.05, 4.69) is 85.9 Å². The van der Waals surface area contributed by atoms with Gasteiger partial charge in [0.2, 0.25) is 5.91 Å². The summed E-state index contributed by atoms with van der Waals surface area (Å²) in [6.07, 6.45) is 0.405. The van der Waals surface area contributed by atoms with Crippen molar-refractivity contribution >= 4 is 39.9 Å². The quantitative estimate of drug-likeness (QED) is 0.253. The van der Waals surface area contributed by atoms with Gasteiger partial charge >= 0.3 is 0 Å². The van der Waals surface area contributed by atoms with Crippen LogP contribution in [-0.4, -0.2) is 17.4 Å². The maximum Gasteiger partial charge on any atom is 0.224 e. The van der Waals surface area contributed by atoms with Crippen LogP contribution >= 0.6 is 23.2 Å². The molecule has 4 aromatic rings. The Balaban J connectivity index is 1.43. The molecule has 4 aromatic carbocycles. The Hall–Kier alpha value is -2.85. The minimum atomic E-state index is 0.0919. The summed E-state index contributed by atoms with van der Waals surface area (Å²) in [5, 5.41) is 7.01. The zero-order valence-corrected chi connectivity index (χ0v) is 21.6. The van der Waals surface area contributed by atoms with E-state index in [-0.39, 0.29) is 11.9 Å². The Labute approximate surface area is 217 Å². The van der Waals surface area contributed by atoms with Crippen molar-refractivity contribution in [1.29, 1.82) is 0 Å². The number of carbonyl (C=O) groups excluding carboxylic acids is 1. The highest BCUT2D eigenvalue weighted by atomic mass is 35.5. The Kier molecular flexibility index (Phi) is 8.46. The summed E-state index contributed by atoms with van der Waals surface area (Å²) in [5.74, 6) is 0.0919. The third-order valence-corrected chi connectivity index (χ3v) is 7.02. The van der Waals surface area contributed by atoms with Gasteiger partial charge in [-0.1, -0.05) is 102 Å². The number of carbonyl (C=O) groups is 1. The first kappa shape index (κ1) is 25.2. The first-order chi connectivity index (χ1) is 16.9. The highest BCUT2D eigenvalue weighted by molar-refractivity contribution is 6.42. The van der Waals surface area contributed by atoms with Crippen LogP contribution in [-0.2, 0) is 17.9 Å². The lowest BCUT2D eigenvalue weighted by atomic mass is 9.99. The SMILES string of the molecule is Cc1ccc(CN(Cc2ccc(Cl)c(Cl)c2)C(=O)CCNC(C)c2cccc3ccccc23)cc1. The number of aryl methyl sites for hydroxylation is 1. The standard InChI is InChI=1S/C30H30Cl2N2O/c1-21-10-12-23(13-11-21)19-34(20-24-14-15-28(31)29(32)18-24)30(35)16-17-33-22(2)26-9-5-7-25-6-3-4-8-27(25)26/h3-15,18,22,33H,16-17,19-20H2,1-2H3. The number of nitrogens with zero attached hydrogens (tertiary/aromatic N) is 1. The number of hydrogen-bond donors (Lipinski definition) is 1. The second-order valence-electron chi connectivity index (χ2n) is 8.98. The fraction of sp³-hybridized carbons (Fsp3) is 0.233. The average Bonchev–Trinajstić information content (AvgIpc) is 2.86. The van der Waals surface area contributed by atoms with Gasteiger partial charge in [-0.2, -0.15) is 0 Å². The van der Waals surface area contributed by atoms with Gasteiger partial charge < -0.3 is 10.2 Å². The van der Waals surface area contributed by atoms with Crippen molar-refractivity contribution < 1.29 is 4.79 Å². The Morgan fingerprint density at radius 1 is 0.857 bits per heavy atom. The third-order valence-electron chi connectivity index (χ3n) is 6.28. The summed E-state index contributed by atoms with van der Waals surface area (Å²) in [5.41, 5.74) is 4.49. The highest BCUT2D eigenvalue weighted by Crippen LogP contribution is 2.25. The maximum atomic E-state index is 13.3. The molecule has 0 aliphatic heterocycles. The molecule has 0 aliphatic carbocycles. The van der Waals surface area contributed by atoms with Crippen LogP contribution < -0.4 is 5.32 Å². The molecule has 1 atom stereocenters. The molecule has 0 aromatic heterocycles. The van der Waals surface area contributed by atoms with Crippen LogP contribution in [0.1, 0.15) is 41.6 Å². The zero-order valence-electron chi connectivity index (χ0n) is 20.1. The van der Waals surface area contributed by atoms with Crippen molar-refractivity contribution in [3.63, 3.8) is 0 Å². The van der Waals surface area contributed by atoms with E-state index in [1.807, 2.05) is 17.0 Å². The lowest BCUT2D eigenvalue weighted by Crippen LogP contribution is -2.33. The van der Waals surface area contributed by atoms with Crippen LogP contribution in [0.5, 0.6) is 0 Å². The minimum Gasteiger partial charge on any atom is -0.334 e. The molecule has 1 unspecified atom stereocenters. The number of halogens is 2. The smallest absolute Gasteiger partial charge is 0.224 e. The molecular weight excluding hydrogens is 475 g/mol. The normalized spacial score (nSPS) is 12.0. The molecule has 0 saturated heterocycles. The van der Waals surface area contributed by atoms with E-state index >= 15 is 0 Å². The van der Waals surface area contributed by atoms with E-state index in [1.54, 1.807) is 6.07 Å². The summed E-state index contributed by atoms with van der Waals surface area (Å²) in [4.78, 5) is 15.2. The Morgan fingerprint density at radius 3 is 2.31 bits per heavy atom. The van der Waals surface area contributed by atoms with E-state index in [4.69, 9.17) is 23.2 Å². The van der Waals surface area contributed by atoms with Gasteiger partial charge in [0, 0.05) is 32.1 Å². The van der Waals surface area contributed by atoms with E-state index < -0.39 is 0 Å². The second-order valence-corrected chi connectivity index (χ2v) is 9.79. The molecule has 3 nitrogen and oxygen atoms in total. The molecule has 5 heteroatoms. The number of rotatable bonds is 9. The Morgan fingerprint density at radius 2 is 1.54 bits per heavy atom. The first-order valence-electron chi connectivity index (χ1n) is 11.9. The molecular formula is C30H30Cl2N2O. The largest absolute Gasteiger partial charge is 0.334 e. The molecule has 0 aliphatic rings. The summed E-state index contributed by atoms with van der Waals surface area (Å²) >= 11 is 12.3. The van der Waals surface area contributed by atoms with E-state index in [1.165, 1.54) is 21.9 Å². The van der Waals surface area contributed by atoms with E-state index in [0.29, 0.717) is 36.1 Å². The van der Waals surface area contributed by atoms with Gasteiger partial charge in [0.1, 0.15) is 0 Å². The van der Waals surface area contributed by atoms with Gasteiger partial charge in [-0.3, -0.25) is 4.79 Å². The fourth-order valence-electron chi connectivity index (χ4n) is 4.30. The topological polar surface area (TPSA) is 32.3 Å². The molecule has 0 heterocycles. The molecule has 35 heavy (non-hydrogen) atoms. The predicted octanol–water partition coefficient (Wildman–Crippen LogP) is 7.72. The van der Waals surface area contributed by atoms with Gasteiger partial charge in [-0.25, -0.2) is 0 Å². The second kappa shape index (κ2) is 11.7. The molecule has 0 saturated carbocycles. The van der Waals surface area contributed by atoms with E-state index in [0.717, 1.165) is 11.1 Å². The van der Waals surface area contributed by atoms with Crippen LogP contribution in [0.25, 0.3) is 10.8 Å². The lowest BCUT2D eigenvalue weighted by molar-refractivity contribution is -0.132. The first-order valence-corrected chi connectivity index (χ1v) is 12.6. The highest BCUT2D eigenvalue weighted by Gasteiger charge is 2.16. The maximum absolute atomic E-state index is 13.3. The van der Waals surface area contributed by atoms with Crippen LogP contribution in [0.15, 0.2) is 84.9 Å². The summed E-state index contributed by atoms with van der Waals surface area (Å²) in [7, 11) is 0. The van der Waals surface area contributed by atoms with Crippen molar-refractivity contribution in [3.8, 4) is 0 Å². The lowest BCUT2D eigenvalue weighted by Gasteiger charge is -2.24. The molecule has 4 rings (SSSR count). The van der Waals surface area contributed by atoms with Gasteiger partial charge in [0.05, 0.1) is 10.0 Å². The summed E-state index contributed by atoms with van der Waals surface area (Å²) in [6, 6.07) is 28.7. The summed E-state index contributed by atoms with van der Waals surface area (Å²) < 4.78 is 0. The van der Waals surface area contributed by atoms with Gasteiger partial charge in [0.15, 0.2) is 0 Å². The van der Waals surface area contributed by atoms with Crippen LogP contribution in [0.2, 0.25) is 10.0 Å². The number of nitrogens with one attached hydrogen (secondary N) is 1. The molecule has 0 spiro atoms. The number of amides is 1. The molecule has 0 fully saturated rings. The van der Waals surface area contributed by atoms with Crippen molar-refractivity contribution in [2.24, 2.45) is 0 Å². The minimum absolute atomic E-state index is 0.0919. The van der Waals surface area contributed by atoms with Crippen molar-refractivity contribution in [2.75, 3.05) is 6.54 Å². The number of hydrogen-bond acceptors (Lipinski definition) is 2. The van der Waals surface area contributed by atoms with Gasteiger partial charge in [-0.15, -0.1) is 0 Å². The molecule has 1 N–H and O–H groups in total. The fourth-order valence-corrected chi connectivity index (χ4v) is 4.62. The van der Waals surface area contributed by atoms with Crippen molar-refractivity contribution in [1.82, 2.24) is 10.2 Å². The monoisotopic (exact) mass is 504 g/mol.